The van der Waals surface area contributed by atoms with Crippen LogP contribution in [0.25, 0.3) is 0 Å². The summed E-state index contributed by atoms with van der Waals surface area (Å²) in [5.41, 5.74) is 11.7. The molecule has 0 spiro atoms. The minimum atomic E-state index is -1.18. The van der Waals surface area contributed by atoms with E-state index < -0.39 is 65.9 Å². The smallest absolute Gasteiger partial charge is 0.245 e. The molecule has 52 heavy (non-hydrogen) atoms. The van der Waals surface area contributed by atoms with E-state index in [1.54, 1.807) is 14.0 Å². The van der Waals surface area contributed by atoms with Crippen molar-refractivity contribution in [3.63, 3.8) is 0 Å². The molecule has 1 saturated carbocycles. The maximum atomic E-state index is 14.1. The fourth-order valence-corrected chi connectivity index (χ4v) is 7.13. The van der Waals surface area contributed by atoms with Gasteiger partial charge in [0.25, 0.3) is 0 Å². The van der Waals surface area contributed by atoms with Crippen LogP contribution in [-0.4, -0.2) is 110 Å². The Morgan fingerprint density at radius 2 is 1.46 bits per heavy atom. The van der Waals surface area contributed by atoms with Gasteiger partial charge in [-0.15, -0.1) is 0 Å². The molecule has 0 bridgehead atoms. The van der Waals surface area contributed by atoms with E-state index in [2.05, 4.69) is 28.2 Å². The molecule has 1 aliphatic carbocycles. The first-order chi connectivity index (χ1) is 24.9. The molecule has 2 rings (SSSR count). The van der Waals surface area contributed by atoms with Crippen molar-refractivity contribution < 1.29 is 33.4 Å². The molecule has 0 aromatic carbocycles. The number of hydrogen-bond acceptors (Lipinski definition) is 9. The zero-order valence-corrected chi connectivity index (χ0v) is 32.9. The van der Waals surface area contributed by atoms with Crippen LogP contribution in [0, 0.1) is 11.8 Å². The van der Waals surface area contributed by atoms with Crippen LogP contribution in [0.3, 0.4) is 0 Å². The molecular weight excluding hydrogens is 666 g/mol. The SMILES string of the molecule is CCCCCC[C@H]1OC[C@@H](C)NC(=O)[C@H](CO[C@@H](C)CCN)NC(=O)[C@H](CN)NC(=O)[C@H](C2CCCCCC2)NC(=O)[C@H](CCC)N(C)C(=O)[C@@H]1C. The normalized spacial score (nSPS) is 29.1. The lowest BCUT2D eigenvalue weighted by atomic mass is 9.90. The number of nitrogens with two attached hydrogens (primary N) is 2. The summed E-state index contributed by atoms with van der Waals surface area (Å²) in [5, 5.41) is 11.5. The Morgan fingerprint density at radius 3 is 2.08 bits per heavy atom. The topological polar surface area (TPSA) is 207 Å². The third kappa shape index (κ3) is 14.9. The average Bonchev–Trinajstić information content (AvgIpc) is 3.41. The van der Waals surface area contributed by atoms with Crippen LogP contribution < -0.4 is 32.7 Å². The number of rotatable bonds is 14. The minimum absolute atomic E-state index is 0.125. The molecule has 14 heteroatoms. The van der Waals surface area contributed by atoms with E-state index in [0.717, 1.165) is 64.2 Å². The zero-order valence-electron chi connectivity index (χ0n) is 32.9. The molecule has 14 nitrogen and oxygen atoms in total. The van der Waals surface area contributed by atoms with E-state index in [0.29, 0.717) is 32.2 Å². The van der Waals surface area contributed by atoms with Crippen LogP contribution in [0.4, 0.5) is 0 Å². The molecule has 0 unspecified atom stereocenters. The van der Waals surface area contributed by atoms with Gasteiger partial charge in [-0.25, -0.2) is 0 Å². The Kier molecular flexibility index (Phi) is 21.4. The maximum Gasteiger partial charge on any atom is 0.245 e. The quantitative estimate of drug-likeness (QED) is 0.114. The van der Waals surface area contributed by atoms with Crippen LogP contribution in [0.2, 0.25) is 0 Å². The molecule has 1 aliphatic heterocycles. The molecule has 0 aromatic heterocycles. The second-order valence-electron chi connectivity index (χ2n) is 15.0. The van der Waals surface area contributed by atoms with Gasteiger partial charge in [-0.3, -0.25) is 24.0 Å². The highest BCUT2D eigenvalue weighted by Gasteiger charge is 2.38. The van der Waals surface area contributed by atoms with Gasteiger partial charge in [-0.05, 0) is 58.4 Å². The van der Waals surface area contributed by atoms with Gasteiger partial charge in [0.1, 0.15) is 24.2 Å². The van der Waals surface area contributed by atoms with Gasteiger partial charge in [-0.1, -0.05) is 78.6 Å². The van der Waals surface area contributed by atoms with Crippen molar-refractivity contribution in [2.45, 2.75) is 167 Å². The molecule has 1 heterocycles. The molecule has 8 atom stereocenters. The van der Waals surface area contributed by atoms with E-state index in [-0.39, 0.29) is 37.7 Å². The van der Waals surface area contributed by atoms with Gasteiger partial charge in [0, 0.05) is 19.6 Å². The van der Waals surface area contributed by atoms with E-state index in [4.69, 9.17) is 20.9 Å². The number of hydrogen-bond donors (Lipinski definition) is 6. The van der Waals surface area contributed by atoms with Gasteiger partial charge in [0.05, 0.1) is 31.3 Å². The summed E-state index contributed by atoms with van der Waals surface area (Å²) in [6.07, 6.45) is 10.9. The van der Waals surface area contributed by atoms with Gasteiger partial charge in [-0.2, -0.15) is 0 Å². The number of carbonyl (C=O) groups is 5. The van der Waals surface area contributed by atoms with Crippen molar-refractivity contribution in [2.75, 3.05) is 33.4 Å². The van der Waals surface area contributed by atoms with Crippen LogP contribution in [0.15, 0.2) is 0 Å². The summed E-state index contributed by atoms with van der Waals surface area (Å²) in [4.78, 5) is 71.1. The number of carbonyl (C=O) groups excluding carboxylic acids is 5. The molecule has 0 aromatic rings. The summed E-state index contributed by atoms with van der Waals surface area (Å²) in [6, 6.07) is -4.50. The largest absolute Gasteiger partial charge is 0.376 e. The lowest BCUT2D eigenvalue weighted by molar-refractivity contribution is -0.147. The summed E-state index contributed by atoms with van der Waals surface area (Å²) < 4.78 is 12.3. The Bertz CT molecular complexity index is 1100. The van der Waals surface area contributed by atoms with Crippen molar-refractivity contribution in [1.29, 1.82) is 0 Å². The third-order valence-corrected chi connectivity index (χ3v) is 10.5. The molecule has 8 N–H and O–H groups in total. The van der Waals surface area contributed by atoms with Gasteiger partial charge < -0.3 is 47.1 Å². The molecule has 0 radical (unpaired) electrons. The molecule has 5 amide bonds. The monoisotopic (exact) mass is 738 g/mol. The molecule has 2 fully saturated rings. The lowest BCUT2D eigenvalue weighted by Crippen LogP contribution is -2.62. The lowest BCUT2D eigenvalue weighted by Gasteiger charge is -2.34. The third-order valence-electron chi connectivity index (χ3n) is 10.5. The second-order valence-corrected chi connectivity index (χ2v) is 15.0. The van der Waals surface area contributed by atoms with E-state index in [1.165, 1.54) is 4.90 Å². The molecule has 2 aliphatic rings. The van der Waals surface area contributed by atoms with Crippen molar-refractivity contribution in [2.24, 2.45) is 23.3 Å². The summed E-state index contributed by atoms with van der Waals surface area (Å²) in [7, 11) is 1.64. The van der Waals surface area contributed by atoms with Crippen LogP contribution >= 0.6 is 0 Å². The Balaban J connectivity index is 2.55. The second kappa shape index (κ2) is 24.5. The first-order valence-electron chi connectivity index (χ1n) is 20.0. The first kappa shape index (κ1) is 45.3. The predicted molar refractivity (Wildman–Crippen MR) is 202 cm³/mol. The average molecular weight is 738 g/mol. The van der Waals surface area contributed by atoms with Gasteiger partial charge in [0.2, 0.25) is 29.5 Å². The zero-order chi connectivity index (χ0) is 38.6. The standard InChI is InChI=1S/C38H71N7O7/c1-7-9-10-15-19-32-27(5)38(50)45(6)31(16-8-2)36(48)44-33(28-17-13-11-12-14-18-28)37(49)42-29(22-40)34(46)43-30(24-51-26(4)20-21-39)35(47)41-25(3)23-52-32/h25-33H,7-24,39-40H2,1-6H3,(H,41,47)(H,42,49)(H,43,46)(H,44,48)/t25-,26+,27-,29+,30+,31+,32-,33+/m1/s1. The maximum absolute atomic E-state index is 14.1. The fraction of sp³-hybridized carbons (Fsp3) is 0.868. The number of nitrogens with one attached hydrogen (secondary N) is 4. The van der Waals surface area contributed by atoms with Gasteiger partial charge in [0.15, 0.2) is 0 Å². The van der Waals surface area contributed by atoms with E-state index in [1.807, 2.05) is 20.8 Å². The fourth-order valence-electron chi connectivity index (χ4n) is 7.13. The summed E-state index contributed by atoms with van der Waals surface area (Å²) >= 11 is 0. The van der Waals surface area contributed by atoms with Crippen molar-refractivity contribution in [3.05, 3.63) is 0 Å². The highest BCUT2D eigenvalue weighted by molar-refractivity contribution is 5.96. The van der Waals surface area contributed by atoms with Crippen molar-refractivity contribution >= 4 is 29.5 Å². The molecular formula is C38H71N7O7. The number of amides is 5. The highest BCUT2D eigenvalue weighted by Crippen LogP contribution is 2.27. The summed E-state index contributed by atoms with van der Waals surface area (Å²) in [6.45, 7) is 9.71. The van der Waals surface area contributed by atoms with Gasteiger partial charge >= 0.3 is 0 Å². The molecule has 1 saturated heterocycles. The van der Waals surface area contributed by atoms with Crippen LogP contribution in [0.5, 0.6) is 0 Å². The molecule has 300 valence electrons. The Morgan fingerprint density at radius 1 is 0.808 bits per heavy atom. The number of ether oxygens (including phenoxy) is 2. The number of unbranched alkanes of at least 4 members (excludes halogenated alkanes) is 3. The van der Waals surface area contributed by atoms with Crippen molar-refractivity contribution in [3.8, 4) is 0 Å². The first-order valence-corrected chi connectivity index (χ1v) is 20.0. The Hall–Kier alpha value is -2.81. The summed E-state index contributed by atoms with van der Waals surface area (Å²) in [5.74, 6) is -3.02. The van der Waals surface area contributed by atoms with E-state index >= 15 is 0 Å². The number of likely N-dealkylation sites (N-methyl/N-ethyl adjacent to an activating group) is 1. The highest BCUT2D eigenvalue weighted by atomic mass is 16.5. The Labute approximate surface area is 312 Å². The van der Waals surface area contributed by atoms with Crippen LogP contribution in [0.1, 0.15) is 125 Å². The van der Waals surface area contributed by atoms with E-state index in [9.17, 15) is 24.0 Å². The minimum Gasteiger partial charge on any atom is -0.376 e. The van der Waals surface area contributed by atoms with Crippen LogP contribution in [-0.2, 0) is 33.4 Å². The number of nitrogens with zero attached hydrogens (tertiary/aromatic N) is 1. The predicted octanol–water partition coefficient (Wildman–Crippen LogP) is 2.26. The van der Waals surface area contributed by atoms with Crippen molar-refractivity contribution in [1.82, 2.24) is 26.2 Å².